The molecule has 2 aliphatic rings. The molecule has 0 aromatic carbocycles. The zero-order valence-corrected chi connectivity index (χ0v) is 19.5. The van der Waals surface area contributed by atoms with Crippen LogP contribution in [0.25, 0.3) is 17.0 Å². The molecule has 3 aromatic heterocycles. The number of aromatic nitrogens is 2. The summed E-state index contributed by atoms with van der Waals surface area (Å²) in [5, 5.41) is 14.5. The van der Waals surface area contributed by atoms with Crippen LogP contribution in [0.1, 0.15) is 44.1 Å². The van der Waals surface area contributed by atoms with Gasteiger partial charge in [0, 0.05) is 30.4 Å². The first kappa shape index (κ1) is 23.3. The highest BCUT2D eigenvalue weighted by Gasteiger charge is 2.35. The van der Waals surface area contributed by atoms with Gasteiger partial charge in [-0.2, -0.15) is 0 Å². The number of nitrogens with zero attached hydrogens (tertiary/aromatic N) is 3. The van der Waals surface area contributed by atoms with Gasteiger partial charge >= 0.3 is 5.63 Å². The molecule has 1 unspecified atom stereocenters. The van der Waals surface area contributed by atoms with Crippen LogP contribution in [-0.4, -0.2) is 46.7 Å². The highest BCUT2D eigenvalue weighted by atomic mass is 19.1. The summed E-state index contributed by atoms with van der Waals surface area (Å²) in [6.07, 6.45) is 7.20. The number of aromatic amines is 1. The zero-order valence-electron chi connectivity index (χ0n) is 19.5. The second-order valence-electron chi connectivity index (χ2n) is 8.91. The Morgan fingerprint density at radius 1 is 1.37 bits per heavy atom. The number of aliphatic imine (C=N–C) groups is 1. The fourth-order valence-corrected chi connectivity index (χ4v) is 5.06. The fourth-order valence-electron chi connectivity index (χ4n) is 5.06. The SMILES string of the molecule is C=Nc1c(/C=C\C)oc(=O)c2cc(CNC3CCC(N4c5cc(F)cnc5OCC4O)CC3)[nH]c12. The summed E-state index contributed by atoms with van der Waals surface area (Å²) in [6, 6.07) is 3.50. The average Bonchev–Trinajstić information content (AvgIpc) is 3.28. The molecule has 4 heterocycles. The van der Waals surface area contributed by atoms with Crippen LogP contribution >= 0.6 is 0 Å². The molecule has 1 saturated carbocycles. The Kier molecular flexibility index (Phi) is 6.40. The Morgan fingerprint density at radius 2 is 2.17 bits per heavy atom. The summed E-state index contributed by atoms with van der Waals surface area (Å²) in [4.78, 5) is 25.6. The first-order valence-corrected chi connectivity index (χ1v) is 11.7. The van der Waals surface area contributed by atoms with Crippen LogP contribution in [0.5, 0.6) is 5.88 Å². The van der Waals surface area contributed by atoms with Crippen LogP contribution in [0.2, 0.25) is 0 Å². The second-order valence-corrected chi connectivity index (χ2v) is 8.91. The number of halogens is 1. The molecule has 1 aliphatic carbocycles. The zero-order chi connectivity index (χ0) is 24.5. The molecular formula is C25H28FN5O4. The van der Waals surface area contributed by atoms with E-state index in [0.717, 1.165) is 37.6 Å². The lowest BCUT2D eigenvalue weighted by molar-refractivity contribution is 0.0742. The molecule has 5 rings (SSSR count). The number of hydrogen-bond acceptors (Lipinski definition) is 8. The number of H-pyrrole nitrogens is 1. The van der Waals surface area contributed by atoms with Crippen molar-refractivity contribution in [3.8, 4) is 5.88 Å². The van der Waals surface area contributed by atoms with E-state index in [0.29, 0.717) is 40.5 Å². The predicted molar refractivity (Wildman–Crippen MR) is 132 cm³/mol. The van der Waals surface area contributed by atoms with E-state index in [1.807, 2.05) is 11.8 Å². The van der Waals surface area contributed by atoms with Crippen LogP contribution in [0.15, 0.2) is 38.6 Å². The van der Waals surface area contributed by atoms with Gasteiger partial charge in [0.2, 0.25) is 5.88 Å². The molecule has 0 radical (unpaired) electrons. The molecular weight excluding hydrogens is 453 g/mol. The normalized spacial score (nSPS) is 22.4. The summed E-state index contributed by atoms with van der Waals surface area (Å²) >= 11 is 0. The summed E-state index contributed by atoms with van der Waals surface area (Å²) in [5.74, 6) is 0.273. The highest BCUT2D eigenvalue weighted by molar-refractivity contribution is 5.92. The van der Waals surface area contributed by atoms with Crippen molar-refractivity contribution in [3.63, 3.8) is 0 Å². The number of aliphatic hydroxyl groups excluding tert-OH is 1. The molecule has 1 aliphatic heterocycles. The maximum Gasteiger partial charge on any atom is 0.345 e. The molecule has 9 nitrogen and oxygen atoms in total. The van der Waals surface area contributed by atoms with Gasteiger partial charge in [-0.15, -0.1) is 0 Å². The summed E-state index contributed by atoms with van der Waals surface area (Å²) in [7, 11) is 0. The topological polar surface area (TPSA) is 116 Å². The monoisotopic (exact) mass is 481 g/mol. The minimum Gasteiger partial charge on any atom is -0.471 e. The van der Waals surface area contributed by atoms with E-state index in [-0.39, 0.29) is 18.7 Å². The summed E-state index contributed by atoms with van der Waals surface area (Å²) < 4.78 is 24.7. The van der Waals surface area contributed by atoms with Crippen LogP contribution in [0.4, 0.5) is 15.8 Å². The molecule has 184 valence electrons. The second kappa shape index (κ2) is 9.63. The number of anilines is 1. The van der Waals surface area contributed by atoms with Crippen molar-refractivity contribution in [1.29, 1.82) is 0 Å². The molecule has 0 spiro atoms. The van der Waals surface area contributed by atoms with E-state index in [4.69, 9.17) is 9.15 Å². The van der Waals surface area contributed by atoms with Crippen LogP contribution < -0.4 is 20.6 Å². The maximum absolute atomic E-state index is 13.8. The molecule has 1 fully saturated rings. The molecule has 1 atom stereocenters. The van der Waals surface area contributed by atoms with E-state index >= 15 is 0 Å². The maximum atomic E-state index is 13.8. The van der Waals surface area contributed by atoms with Gasteiger partial charge in [0.25, 0.3) is 0 Å². The van der Waals surface area contributed by atoms with Gasteiger partial charge in [0.1, 0.15) is 23.8 Å². The Balaban J connectivity index is 1.25. The lowest BCUT2D eigenvalue weighted by Gasteiger charge is -2.43. The first-order valence-electron chi connectivity index (χ1n) is 11.7. The molecule has 0 bridgehead atoms. The van der Waals surface area contributed by atoms with Gasteiger partial charge in [-0.25, -0.2) is 14.2 Å². The first-order chi connectivity index (χ1) is 17.0. The number of fused-ring (bicyclic) bond motifs is 2. The highest BCUT2D eigenvalue weighted by Crippen LogP contribution is 2.37. The number of nitrogens with one attached hydrogen (secondary N) is 2. The molecule has 35 heavy (non-hydrogen) atoms. The number of hydrogen-bond donors (Lipinski definition) is 3. The van der Waals surface area contributed by atoms with E-state index in [2.05, 4.69) is 27.0 Å². The van der Waals surface area contributed by atoms with Crippen molar-refractivity contribution < 1.29 is 18.7 Å². The Hall–Kier alpha value is -3.50. The van der Waals surface area contributed by atoms with E-state index in [1.54, 1.807) is 18.2 Å². The average molecular weight is 482 g/mol. The van der Waals surface area contributed by atoms with Crippen LogP contribution in [0, 0.1) is 5.82 Å². The summed E-state index contributed by atoms with van der Waals surface area (Å²) in [5.41, 5.74) is 2.07. The van der Waals surface area contributed by atoms with Gasteiger partial charge in [0.05, 0.1) is 17.1 Å². The predicted octanol–water partition coefficient (Wildman–Crippen LogP) is 3.64. The van der Waals surface area contributed by atoms with Crippen molar-refractivity contribution in [2.45, 2.75) is 57.5 Å². The largest absolute Gasteiger partial charge is 0.471 e. The Labute approximate surface area is 201 Å². The molecule has 3 N–H and O–H groups in total. The van der Waals surface area contributed by atoms with Crippen molar-refractivity contribution in [2.75, 3.05) is 11.5 Å². The number of pyridine rings is 1. The smallest absolute Gasteiger partial charge is 0.345 e. The third-order valence-corrected chi connectivity index (χ3v) is 6.68. The van der Waals surface area contributed by atoms with Gasteiger partial charge < -0.3 is 29.5 Å². The third-order valence-electron chi connectivity index (χ3n) is 6.68. The Bertz CT molecular complexity index is 1330. The minimum atomic E-state index is -0.834. The number of rotatable bonds is 6. The van der Waals surface area contributed by atoms with Crippen molar-refractivity contribution >= 4 is 35.1 Å². The Morgan fingerprint density at radius 3 is 2.91 bits per heavy atom. The number of allylic oxidation sites excluding steroid dienone is 1. The van der Waals surface area contributed by atoms with Crippen LogP contribution in [-0.2, 0) is 6.54 Å². The van der Waals surface area contributed by atoms with E-state index in [1.165, 1.54) is 6.07 Å². The van der Waals surface area contributed by atoms with Gasteiger partial charge in [-0.3, -0.25) is 4.99 Å². The quantitative estimate of drug-likeness (QED) is 0.460. The molecule has 10 heteroatoms. The van der Waals surface area contributed by atoms with Crippen molar-refractivity contribution in [3.05, 3.63) is 52.1 Å². The molecule has 3 aromatic rings. The standard InChI is InChI=1S/C25H28FN5O4/c1-3-4-20-23(27-2)22-18(25(33)35-20)10-16(30-22)12-28-15-5-7-17(8-6-15)31-19-9-14(26)11-29-24(19)34-13-21(31)32/h3-4,9-11,15,17,21,28,30,32H,2,5-8,12-13H2,1H3/b4-3-. The van der Waals surface area contributed by atoms with Crippen molar-refractivity contribution in [1.82, 2.24) is 15.3 Å². The van der Waals surface area contributed by atoms with Crippen LogP contribution in [0.3, 0.4) is 0 Å². The van der Waals surface area contributed by atoms with Crippen molar-refractivity contribution in [2.24, 2.45) is 4.99 Å². The number of aliphatic hydroxyl groups is 1. The van der Waals surface area contributed by atoms with Gasteiger partial charge in [-0.1, -0.05) is 6.08 Å². The van der Waals surface area contributed by atoms with Gasteiger partial charge in [0.15, 0.2) is 12.0 Å². The number of ether oxygens (including phenoxy) is 1. The molecule has 0 saturated heterocycles. The fraction of sp³-hybridized carbons (Fsp3) is 0.400. The molecule has 0 amide bonds. The lowest BCUT2D eigenvalue weighted by atomic mass is 9.89. The third kappa shape index (κ3) is 4.46. The van der Waals surface area contributed by atoms with E-state index < -0.39 is 17.7 Å². The lowest BCUT2D eigenvalue weighted by Crippen LogP contribution is -2.51. The summed E-state index contributed by atoms with van der Waals surface area (Å²) in [6.45, 7) is 6.11. The minimum absolute atomic E-state index is 0.0678. The van der Waals surface area contributed by atoms with Gasteiger partial charge in [-0.05, 0) is 51.5 Å². The van der Waals surface area contributed by atoms with E-state index in [9.17, 15) is 14.3 Å².